The van der Waals surface area contributed by atoms with Gasteiger partial charge in [0, 0.05) is 0 Å². The molecule has 0 atom stereocenters. The second-order valence-corrected chi connectivity index (χ2v) is 7.48. The first kappa shape index (κ1) is 19.9. The number of hydrogen-bond acceptors (Lipinski definition) is 3. The van der Waals surface area contributed by atoms with Gasteiger partial charge in [-0.1, -0.05) is 65.7 Å². The molecular weight excluding hydrogens is 276 g/mol. The predicted molar refractivity (Wildman–Crippen MR) is 83.1 cm³/mol. The lowest BCUT2D eigenvalue weighted by atomic mass is 9.82. The van der Waals surface area contributed by atoms with Gasteiger partial charge in [0.25, 0.3) is 0 Å². The molecule has 0 radical (unpaired) electrons. The highest BCUT2D eigenvalue weighted by Crippen LogP contribution is 2.30. The average Bonchev–Trinajstić information content (AvgIpc) is 2.31. The molecule has 5 heteroatoms. The van der Waals surface area contributed by atoms with Crippen molar-refractivity contribution >= 4 is 10.4 Å². The minimum atomic E-state index is -4.27. The Morgan fingerprint density at radius 2 is 1.40 bits per heavy atom. The van der Waals surface area contributed by atoms with Crippen LogP contribution in [0.5, 0.6) is 0 Å². The Labute approximate surface area is 125 Å². The van der Waals surface area contributed by atoms with Crippen molar-refractivity contribution in [1.82, 2.24) is 0 Å². The molecule has 1 N–H and O–H groups in total. The van der Waals surface area contributed by atoms with Crippen LogP contribution in [-0.4, -0.2) is 19.6 Å². The van der Waals surface area contributed by atoms with Crippen LogP contribution >= 0.6 is 0 Å². The normalized spacial score (nSPS) is 12.8. The van der Waals surface area contributed by atoms with Crippen LogP contribution in [0, 0.1) is 5.41 Å². The fourth-order valence-corrected chi connectivity index (χ4v) is 2.71. The van der Waals surface area contributed by atoms with Gasteiger partial charge in [-0.05, 0) is 24.7 Å². The van der Waals surface area contributed by atoms with Crippen LogP contribution < -0.4 is 0 Å². The minimum Gasteiger partial charge on any atom is -0.264 e. The maximum Gasteiger partial charge on any atom is 0.397 e. The molecule has 0 rings (SSSR count). The first-order valence-corrected chi connectivity index (χ1v) is 9.25. The van der Waals surface area contributed by atoms with Crippen LogP contribution in [0.25, 0.3) is 0 Å². The van der Waals surface area contributed by atoms with Gasteiger partial charge in [-0.25, -0.2) is 4.18 Å². The quantitative estimate of drug-likeness (QED) is 0.394. The molecule has 0 unspecified atom stereocenters. The Morgan fingerprint density at radius 1 is 0.900 bits per heavy atom. The van der Waals surface area contributed by atoms with Gasteiger partial charge in [0.05, 0.1) is 6.61 Å². The zero-order valence-electron chi connectivity index (χ0n) is 13.4. The Hall–Kier alpha value is -0.130. The topological polar surface area (TPSA) is 63.6 Å². The van der Waals surface area contributed by atoms with Crippen LogP contribution in [0.15, 0.2) is 0 Å². The van der Waals surface area contributed by atoms with Gasteiger partial charge in [-0.2, -0.15) is 8.42 Å². The average molecular weight is 308 g/mol. The van der Waals surface area contributed by atoms with Gasteiger partial charge in [-0.3, -0.25) is 4.55 Å². The third kappa shape index (κ3) is 14.3. The molecule has 0 aliphatic carbocycles. The lowest BCUT2D eigenvalue weighted by molar-refractivity contribution is 0.241. The molecule has 20 heavy (non-hydrogen) atoms. The van der Waals surface area contributed by atoms with E-state index < -0.39 is 10.4 Å². The molecule has 0 heterocycles. The summed E-state index contributed by atoms with van der Waals surface area (Å²) in [5, 5.41) is 0. The zero-order chi connectivity index (χ0) is 15.5. The third-order valence-electron chi connectivity index (χ3n) is 3.69. The summed E-state index contributed by atoms with van der Waals surface area (Å²) in [6.07, 6.45) is 11.8. The molecule has 0 amide bonds. The van der Waals surface area contributed by atoms with E-state index in [4.69, 9.17) is 4.55 Å². The highest BCUT2D eigenvalue weighted by molar-refractivity contribution is 7.80. The van der Waals surface area contributed by atoms with E-state index in [2.05, 4.69) is 25.0 Å². The molecule has 0 aromatic rings. The highest BCUT2D eigenvalue weighted by Gasteiger charge is 2.16. The minimum absolute atomic E-state index is 0.0753. The summed E-state index contributed by atoms with van der Waals surface area (Å²) in [6, 6.07) is 0. The van der Waals surface area contributed by atoms with E-state index in [1.165, 1.54) is 44.9 Å². The molecule has 0 aliphatic heterocycles. The van der Waals surface area contributed by atoms with Crippen LogP contribution in [-0.2, 0) is 14.6 Å². The monoisotopic (exact) mass is 308 g/mol. The summed E-state index contributed by atoms with van der Waals surface area (Å²) < 4.78 is 33.5. The van der Waals surface area contributed by atoms with Crippen molar-refractivity contribution in [2.45, 2.75) is 85.0 Å². The van der Waals surface area contributed by atoms with E-state index in [9.17, 15) is 8.42 Å². The van der Waals surface area contributed by atoms with Crippen LogP contribution in [0.1, 0.15) is 85.0 Å². The molecule has 122 valence electrons. The molecule has 4 nitrogen and oxygen atoms in total. The summed E-state index contributed by atoms with van der Waals surface area (Å²) >= 11 is 0. The summed E-state index contributed by atoms with van der Waals surface area (Å²) in [5.41, 5.74) is 0.308. The van der Waals surface area contributed by atoms with E-state index in [-0.39, 0.29) is 6.61 Å². The lowest BCUT2D eigenvalue weighted by Gasteiger charge is -2.24. The molecular formula is C15H32O4S. The molecule has 0 spiro atoms. The van der Waals surface area contributed by atoms with E-state index in [0.717, 1.165) is 12.8 Å². The molecule has 0 saturated heterocycles. The maximum absolute atomic E-state index is 10.4. The van der Waals surface area contributed by atoms with E-state index in [1.54, 1.807) is 0 Å². The molecule has 0 saturated carbocycles. The van der Waals surface area contributed by atoms with Crippen molar-refractivity contribution < 1.29 is 17.2 Å². The van der Waals surface area contributed by atoms with Gasteiger partial charge < -0.3 is 0 Å². The number of rotatable bonds is 13. The first-order valence-electron chi connectivity index (χ1n) is 7.89. The second kappa shape index (κ2) is 10.6. The van der Waals surface area contributed by atoms with E-state index in [0.29, 0.717) is 11.8 Å². The molecule has 0 aromatic carbocycles. The second-order valence-electron chi connectivity index (χ2n) is 6.39. The van der Waals surface area contributed by atoms with Gasteiger partial charge in [0.15, 0.2) is 0 Å². The van der Waals surface area contributed by atoms with Crippen LogP contribution in [0.3, 0.4) is 0 Å². The van der Waals surface area contributed by atoms with Gasteiger partial charge in [0.1, 0.15) is 0 Å². The van der Waals surface area contributed by atoms with Crippen molar-refractivity contribution in [2.75, 3.05) is 6.61 Å². The highest BCUT2D eigenvalue weighted by atomic mass is 32.3. The third-order valence-corrected chi connectivity index (χ3v) is 4.15. The maximum atomic E-state index is 10.4. The Balaban J connectivity index is 3.54. The van der Waals surface area contributed by atoms with Gasteiger partial charge >= 0.3 is 10.4 Å². The summed E-state index contributed by atoms with van der Waals surface area (Å²) in [5.74, 6) is 0. The molecule has 0 fully saturated rings. The fourth-order valence-electron chi connectivity index (χ4n) is 2.38. The van der Waals surface area contributed by atoms with Crippen molar-refractivity contribution in [3.8, 4) is 0 Å². The van der Waals surface area contributed by atoms with Crippen molar-refractivity contribution in [3.63, 3.8) is 0 Å². The molecule has 0 aliphatic rings. The predicted octanol–water partition coefficient (Wildman–Crippen LogP) is 4.75. The van der Waals surface area contributed by atoms with Crippen LogP contribution in [0.2, 0.25) is 0 Å². The summed E-state index contributed by atoms with van der Waals surface area (Å²) in [7, 11) is -4.27. The molecule has 0 aromatic heterocycles. The Morgan fingerprint density at radius 3 is 1.95 bits per heavy atom. The Kier molecular flexibility index (Phi) is 10.5. The molecule has 0 bridgehead atoms. The van der Waals surface area contributed by atoms with Crippen molar-refractivity contribution in [2.24, 2.45) is 5.41 Å². The largest absolute Gasteiger partial charge is 0.397 e. The van der Waals surface area contributed by atoms with E-state index in [1.807, 2.05) is 0 Å². The van der Waals surface area contributed by atoms with E-state index >= 15 is 0 Å². The van der Waals surface area contributed by atoms with Crippen LogP contribution in [0.4, 0.5) is 0 Å². The lowest BCUT2D eigenvalue weighted by Crippen LogP contribution is -2.12. The van der Waals surface area contributed by atoms with Crippen molar-refractivity contribution in [1.29, 1.82) is 0 Å². The smallest absolute Gasteiger partial charge is 0.264 e. The standard InChI is InChI=1S/C15H32O4S/c1-4-5-6-7-8-9-12-15(2,3)13-10-11-14-19-20(16,17)18/h4-14H2,1-3H3,(H,16,17,18). The van der Waals surface area contributed by atoms with Gasteiger partial charge in [0.2, 0.25) is 0 Å². The van der Waals surface area contributed by atoms with Crippen molar-refractivity contribution in [3.05, 3.63) is 0 Å². The number of unbranched alkanes of at least 4 members (excludes halogenated alkanes) is 6. The Bertz CT molecular complexity index is 323. The van der Waals surface area contributed by atoms with Gasteiger partial charge in [-0.15, -0.1) is 0 Å². The summed E-state index contributed by atoms with van der Waals surface area (Å²) in [4.78, 5) is 0. The summed E-state index contributed by atoms with van der Waals surface area (Å²) in [6.45, 7) is 6.84. The number of hydrogen-bond donors (Lipinski definition) is 1. The SMILES string of the molecule is CCCCCCCCC(C)(C)CCCCOS(=O)(=O)O. The fraction of sp³-hybridized carbons (Fsp3) is 1.00. The zero-order valence-corrected chi connectivity index (χ0v) is 14.2. The first-order chi connectivity index (χ1) is 9.27.